The summed E-state index contributed by atoms with van der Waals surface area (Å²) >= 11 is 0. The first-order valence-electron chi connectivity index (χ1n) is 9.32. The highest BCUT2D eigenvalue weighted by atomic mass is 16.2. The van der Waals surface area contributed by atoms with E-state index in [0.29, 0.717) is 6.42 Å². The van der Waals surface area contributed by atoms with Gasteiger partial charge in [0, 0.05) is 32.0 Å². The number of nitrogens with zero attached hydrogens (tertiary/aromatic N) is 2. The molecule has 0 radical (unpaired) electrons. The highest BCUT2D eigenvalue weighted by Gasteiger charge is 2.28. The molecule has 2 aliphatic rings. The van der Waals surface area contributed by atoms with Crippen molar-refractivity contribution in [1.29, 1.82) is 0 Å². The minimum Gasteiger partial charge on any atom is -0.333 e. The standard InChI is InChI=1S/C21H25N3O/c25-21(13-16-7-8-17-4-1-2-5-18(17)12-16)24-11-10-23-15-20(24)19-6-3-9-22-14-19/h3,6-9,12,14,20,23H,1-2,4-5,10-11,13,15H2. The van der Waals surface area contributed by atoms with Gasteiger partial charge in [-0.05, 0) is 54.0 Å². The Kier molecular flexibility index (Phi) is 4.79. The molecule has 25 heavy (non-hydrogen) atoms. The molecule has 1 fully saturated rings. The van der Waals surface area contributed by atoms with Crippen LogP contribution in [-0.2, 0) is 24.1 Å². The van der Waals surface area contributed by atoms with Crippen molar-refractivity contribution in [3.63, 3.8) is 0 Å². The summed E-state index contributed by atoms with van der Waals surface area (Å²) < 4.78 is 0. The fraction of sp³-hybridized carbons (Fsp3) is 0.429. The second-order valence-electron chi connectivity index (χ2n) is 7.08. The lowest BCUT2D eigenvalue weighted by atomic mass is 9.90. The van der Waals surface area contributed by atoms with E-state index in [1.165, 1.54) is 30.4 Å². The molecule has 0 saturated carbocycles. The van der Waals surface area contributed by atoms with Crippen molar-refractivity contribution in [3.8, 4) is 0 Å². The van der Waals surface area contributed by atoms with E-state index in [9.17, 15) is 4.79 Å². The Balaban J connectivity index is 1.51. The molecule has 4 nitrogen and oxygen atoms in total. The predicted molar refractivity (Wildman–Crippen MR) is 98.3 cm³/mol. The van der Waals surface area contributed by atoms with Gasteiger partial charge in [-0.15, -0.1) is 0 Å². The van der Waals surface area contributed by atoms with Crippen LogP contribution in [0.25, 0.3) is 0 Å². The minimum atomic E-state index is 0.0765. The molecule has 0 bridgehead atoms. The number of hydrogen-bond donors (Lipinski definition) is 1. The molecule has 0 spiro atoms. The topological polar surface area (TPSA) is 45.2 Å². The Hall–Kier alpha value is -2.20. The van der Waals surface area contributed by atoms with Gasteiger partial charge in [0.1, 0.15) is 0 Å². The van der Waals surface area contributed by atoms with Crippen LogP contribution in [-0.4, -0.2) is 35.4 Å². The number of carbonyl (C=O) groups excluding carboxylic acids is 1. The van der Waals surface area contributed by atoms with Gasteiger partial charge in [0.15, 0.2) is 0 Å². The molecule has 1 saturated heterocycles. The molecule has 1 unspecified atom stereocenters. The number of carbonyl (C=O) groups is 1. The van der Waals surface area contributed by atoms with Crippen molar-refractivity contribution in [2.75, 3.05) is 19.6 Å². The van der Waals surface area contributed by atoms with Gasteiger partial charge in [-0.1, -0.05) is 24.3 Å². The van der Waals surface area contributed by atoms with E-state index in [1.807, 2.05) is 17.2 Å². The van der Waals surface area contributed by atoms with E-state index in [-0.39, 0.29) is 11.9 Å². The van der Waals surface area contributed by atoms with Gasteiger partial charge in [0.25, 0.3) is 0 Å². The number of fused-ring (bicyclic) bond motifs is 1. The molecule has 1 aliphatic heterocycles. The smallest absolute Gasteiger partial charge is 0.227 e. The van der Waals surface area contributed by atoms with Crippen molar-refractivity contribution in [2.45, 2.75) is 38.1 Å². The number of hydrogen-bond acceptors (Lipinski definition) is 3. The highest BCUT2D eigenvalue weighted by molar-refractivity contribution is 5.79. The SMILES string of the molecule is O=C(Cc1ccc2c(c1)CCCC2)N1CCNCC1c1cccnc1. The van der Waals surface area contributed by atoms with E-state index in [0.717, 1.165) is 37.2 Å². The van der Waals surface area contributed by atoms with Crippen LogP contribution < -0.4 is 5.32 Å². The maximum absolute atomic E-state index is 13.0. The summed E-state index contributed by atoms with van der Waals surface area (Å²) in [4.78, 5) is 19.2. The van der Waals surface area contributed by atoms with Gasteiger partial charge in [-0.2, -0.15) is 0 Å². The van der Waals surface area contributed by atoms with Crippen LogP contribution in [0.15, 0.2) is 42.7 Å². The summed E-state index contributed by atoms with van der Waals surface area (Å²) in [6.07, 6.45) is 9.04. The summed E-state index contributed by atoms with van der Waals surface area (Å²) in [7, 11) is 0. The van der Waals surface area contributed by atoms with Gasteiger partial charge in [-0.25, -0.2) is 0 Å². The molecule has 1 N–H and O–H groups in total. The summed E-state index contributed by atoms with van der Waals surface area (Å²) in [5.41, 5.74) is 5.17. The molecule has 1 aromatic heterocycles. The molecule has 1 aliphatic carbocycles. The Labute approximate surface area is 149 Å². The third kappa shape index (κ3) is 3.59. The van der Waals surface area contributed by atoms with Gasteiger partial charge in [0.2, 0.25) is 5.91 Å². The van der Waals surface area contributed by atoms with Crippen LogP contribution in [0.3, 0.4) is 0 Å². The zero-order chi connectivity index (χ0) is 17.1. The summed E-state index contributed by atoms with van der Waals surface area (Å²) in [5, 5.41) is 3.40. The Bertz CT molecular complexity index is 744. The van der Waals surface area contributed by atoms with Crippen LogP contribution in [0.1, 0.15) is 41.1 Å². The lowest BCUT2D eigenvalue weighted by Crippen LogP contribution is -2.49. The molecule has 130 valence electrons. The molecule has 4 rings (SSSR count). The maximum Gasteiger partial charge on any atom is 0.227 e. The first-order chi connectivity index (χ1) is 12.3. The number of aryl methyl sites for hydroxylation is 2. The Morgan fingerprint density at radius 1 is 1.20 bits per heavy atom. The molecule has 1 atom stereocenters. The fourth-order valence-corrected chi connectivity index (χ4v) is 4.05. The van der Waals surface area contributed by atoms with E-state index in [4.69, 9.17) is 0 Å². The Morgan fingerprint density at radius 3 is 2.92 bits per heavy atom. The first kappa shape index (κ1) is 16.3. The van der Waals surface area contributed by atoms with Crippen molar-refractivity contribution in [1.82, 2.24) is 15.2 Å². The first-order valence-corrected chi connectivity index (χ1v) is 9.32. The third-order valence-corrected chi connectivity index (χ3v) is 5.40. The second kappa shape index (κ2) is 7.36. The van der Waals surface area contributed by atoms with Gasteiger partial charge in [0.05, 0.1) is 12.5 Å². The van der Waals surface area contributed by atoms with Crippen LogP contribution in [0.5, 0.6) is 0 Å². The van der Waals surface area contributed by atoms with Crippen LogP contribution in [0.2, 0.25) is 0 Å². The normalized spacial score (nSPS) is 20.2. The fourth-order valence-electron chi connectivity index (χ4n) is 4.05. The number of nitrogens with one attached hydrogen (secondary N) is 1. The molecule has 2 aromatic rings. The van der Waals surface area contributed by atoms with Crippen LogP contribution >= 0.6 is 0 Å². The van der Waals surface area contributed by atoms with Gasteiger partial charge >= 0.3 is 0 Å². The van der Waals surface area contributed by atoms with E-state index in [2.05, 4.69) is 34.6 Å². The van der Waals surface area contributed by atoms with Gasteiger partial charge < -0.3 is 10.2 Å². The lowest BCUT2D eigenvalue weighted by molar-refractivity contribution is -0.133. The quantitative estimate of drug-likeness (QED) is 0.938. The second-order valence-corrected chi connectivity index (χ2v) is 7.08. The monoisotopic (exact) mass is 335 g/mol. The molecule has 1 amide bonds. The molecular weight excluding hydrogens is 310 g/mol. The molecule has 2 heterocycles. The van der Waals surface area contributed by atoms with E-state index >= 15 is 0 Å². The van der Waals surface area contributed by atoms with Crippen LogP contribution in [0.4, 0.5) is 0 Å². The Morgan fingerprint density at radius 2 is 2.08 bits per heavy atom. The minimum absolute atomic E-state index is 0.0765. The van der Waals surface area contributed by atoms with E-state index in [1.54, 1.807) is 6.20 Å². The zero-order valence-electron chi connectivity index (χ0n) is 14.6. The van der Waals surface area contributed by atoms with E-state index < -0.39 is 0 Å². The zero-order valence-corrected chi connectivity index (χ0v) is 14.6. The largest absolute Gasteiger partial charge is 0.333 e. The number of piperazine rings is 1. The van der Waals surface area contributed by atoms with Gasteiger partial charge in [-0.3, -0.25) is 9.78 Å². The van der Waals surface area contributed by atoms with Crippen molar-refractivity contribution >= 4 is 5.91 Å². The number of aromatic nitrogens is 1. The predicted octanol–water partition coefficient (Wildman–Crippen LogP) is 2.68. The van der Waals surface area contributed by atoms with Crippen molar-refractivity contribution < 1.29 is 4.79 Å². The average molecular weight is 335 g/mol. The number of amides is 1. The third-order valence-electron chi connectivity index (χ3n) is 5.40. The summed E-state index contributed by atoms with van der Waals surface area (Å²) in [5.74, 6) is 0.214. The molecule has 4 heteroatoms. The highest BCUT2D eigenvalue weighted by Crippen LogP contribution is 2.25. The summed E-state index contributed by atoms with van der Waals surface area (Å²) in [6, 6.07) is 10.7. The van der Waals surface area contributed by atoms with Crippen LogP contribution in [0, 0.1) is 0 Å². The van der Waals surface area contributed by atoms with Crippen molar-refractivity contribution in [3.05, 3.63) is 65.0 Å². The van der Waals surface area contributed by atoms with Crippen molar-refractivity contribution in [2.24, 2.45) is 0 Å². The number of benzene rings is 1. The molecule has 1 aromatic carbocycles. The number of pyridine rings is 1. The lowest BCUT2D eigenvalue weighted by Gasteiger charge is -2.36. The number of rotatable bonds is 3. The summed E-state index contributed by atoms with van der Waals surface area (Å²) in [6.45, 7) is 2.40. The maximum atomic E-state index is 13.0. The molecular formula is C21H25N3O. The average Bonchev–Trinajstić information content (AvgIpc) is 2.68.